The van der Waals surface area contributed by atoms with Crippen molar-refractivity contribution in [2.45, 2.75) is 50.9 Å². The molecule has 1 aliphatic rings. The molecule has 0 unspecified atom stereocenters. The van der Waals surface area contributed by atoms with Crippen LogP contribution in [0.1, 0.15) is 51.0 Å². The summed E-state index contributed by atoms with van der Waals surface area (Å²) in [7, 11) is 0. The average Bonchev–Trinajstić information content (AvgIpc) is 2.33. The van der Waals surface area contributed by atoms with Crippen molar-refractivity contribution >= 4 is 0 Å². The zero-order valence-corrected chi connectivity index (χ0v) is 9.73. The lowest BCUT2D eigenvalue weighted by Crippen LogP contribution is -2.28. The zero-order chi connectivity index (χ0) is 11.6. The van der Waals surface area contributed by atoms with E-state index in [9.17, 15) is 8.78 Å². The van der Waals surface area contributed by atoms with Crippen molar-refractivity contribution in [2.75, 3.05) is 0 Å². The molecule has 1 saturated carbocycles. The standard InChI is InChI=1S/C14H18F2/c1-2-14(8-4-3-5-9-14)11-6-7-12(15)13(16)10-11/h6-7,10H,2-5,8-9H2,1H3. The Morgan fingerprint density at radius 1 is 1.06 bits per heavy atom. The van der Waals surface area contributed by atoms with Gasteiger partial charge in [0.1, 0.15) is 0 Å². The van der Waals surface area contributed by atoms with Crippen LogP contribution in [-0.4, -0.2) is 0 Å². The molecule has 2 heteroatoms. The van der Waals surface area contributed by atoms with Crippen LogP contribution >= 0.6 is 0 Å². The van der Waals surface area contributed by atoms with E-state index in [2.05, 4.69) is 6.92 Å². The second-order valence-electron chi connectivity index (χ2n) is 4.82. The van der Waals surface area contributed by atoms with E-state index in [1.54, 1.807) is 6.07 Å². The molecule has 0 aliphatic heterocycles. The first-order valence-electron chi connectivity index (χ1n) is 6.13. The highest BCUT2D eigenvalue weighted by Crippen LogP contribution is 2.42. The van der Waals surface area contributed by atoms with E-state index >= 15 is 0 Å². The van der Waals surface area contributed by atoms with E-state index in [4.69, 9.17) is 0 Å². The first-order chi connectivity index (χ1) is 7.68. The molecule has 16 heavy (non-hydrogen) atoms. The van der Waals surface area contributed by atoms with Gasteiger partial charge in [-0.25, -0.2) is 8.78 Å². The lowest BCUT2D eigenvalue weighted by atomic mass is 9.68. The minimum atomic E-state index is -0.745. The van der Waals surface area contributed by atoms with E-state index in [1.807, 2.05) is 0 Å². The number of benzene rings is 1. The van der Waals surface area contributed by atoms with Gasteiger partial charge < -0.3 is 0 Å². The van der Waals surface area contributed by atoms with Crippen LogP contribution in [-0.2, 0) is 5.41 Å². The summed E-state index contributed by atoms with van der Waals surface area (Å²) in [6, 6.07) is 4.41. The van der Waals surface area contributed by atoms with E-state index in [-0.39, 0.29) is 5.41 Å². The normalized spacial score (nSPS) is 19.7. The second-order valence-corrected chi connectivity index (χ2v) is 4.82. The molecule has 0 nitrogen and oxygen atoms in total. The molecule has 0 heterocycles. The maximum Gasteiger partial charge on any atom is 0.159 e. The molecule has 2 rings (SSSR count). The summed E-state index contributed by atoms with van der Waals surface area (Å²) in [5.41, 5.74) is 1.07. The first-order valence-corrected chi connectivity index (χ1v) is 6.13. The Balaban J connectivity index is 2.35. The van der Waals surface area contributed by atoms with Crippen molar-refractivity contribution in [3.05, 3.63) is 35.4 Å². The quantitative estimate of drug-likeness (QED) is 0.690. The number of hydrogen-bond acceptors (Lipinski definition) is 0. The summed E-state index contributed by atoms with van der Waals surface area (Å²) in [6.45, 7) is 2.15. The Kier molecular flexibility index (Phi) is 3.27. The third-order valence-corrected chi connectivity index (χ3v) is 4.02. The first kappa shape index (κ1) is 11.6. The van der Waals surface area contributed by atoms with E-state index in [1.165, 1.54) is 31.4 Å². The molecular weight excluding hydrogens is 206 g/mol. The van der Waals surface area contributed by atoms with Gasteiger partial charge in [-0.15, -0.1) is 0 Å². The molecule has 1 aromatic rings. The van der Waals surface area contributed by atoms with Crippen LogP contribution in [0.15, 0.2) is 18.2 Å². The highest BCUT2D eigenvalue weighted by molar-refractivity contribution is 5.27. The molecule has 1 aliphatic carbocycles. The van der Waals surface area contributed by atoms with Gasteiger partial charge in [0.15, 0.2) is 11.6 Å². The smallest absolute Gasteiger partial charge is 0.159 e. The van der Waals surface area contributed by atoms with E-state index < -0.39 is 11.6 Å². The monoisotopic (exact) mass is 224 g/mol. The SMILES string of the molecule is CCC1(c2ccc(F)c(F)c2)CCCCC1. The van der Waals surface area contributed by atoms with Crippen LogP contribution in [0.25, 0.3) is 0 Å². The maximum atomic E-state index is 13.3. The van der Waals surface area contributed by atoms with E-state index in [0.29, 0.717) is 0 Å². The van der Waals surface area contributed by atoms with Crippen LogP contribution in [0.4, 0.5) is 8.78 Å². The van der Waals surface area contributed by atoms with Crippen molar-refractivity contribution in [3.8, 4) is 0 Å². The van der Waals surface area contributed by atoms with Gasteiger partial charge in [0.2, 0.25) is 0 Å². The van der Waals surface area contributed by atoms with Crippen molar-refractivity contribution < 1.29 is 8.78 Å². The summed E-state index contributed by atoms with van der Waals surface area (Å²) in [4.78, 5) is 0. The van der Waals surface area contributed by atoms with Gasteiger partial charge in [0.25, 0.3) is 0 Å². The zero-order valence-electron chi connectivity index (χ0n) is 9.73. The van der Waals surface area contributed by atoms with Gasteiger partial charge in [-0.05, 0) is 42.4 Å². The lowest BCUT2D eigenvalue weighted by molar-refractivity contribution is 0.282. The Morgan fingerprint density at radius 2 is 1.75 bits per heavy atom. The third kappa shape index (κ3) is 1.98. The molecule has 1 fully saturated rings. The molecule has 1 aromatic carbocycles. The predicted octanol–water partition coefficient (Wildman–Crippen LogP) is 4.58. The van der Waals surface area contributed by atoms with Gasteiger partial charge in [-0.2, -0.15) is 0 Å². The summed E-state index contributed by atoms with van der Waals surface area (Å²) in [5.74, 6) is -1.46. The van der Waals surface area contributed by atoms with Crippen LogP contribution in [0.2, 0.25) is 0 Å². The van der Waals surface area contributed by atoms with Crippen molar-refractivity contribution in [1.29, 1.82) is 0 Å². The van der Waals surface area contributed by atoms with Crippen LogP contribution in [0.5, 0.6) is 0 Å². The highest BCUT2D eigenvalue weighted by atomic mass is 19.2. The molecule has 0 amide bonds. The van der Waals surface area contributed by atoms with Gasteiger partial charge in [-0.3, -0.25) is 0 Å². The molecule has 0 aromatic heterocycles. The second kappa shape index (κ2) is 4.52. The van der Waals surface area contributed by atoms with Gasteiger partial charge >= 0.3 is 0 Å². The predicted molar refractivity (Wildman–Crippen MR) is 61.4 cm³/mol. The molecule has 0 spiro atoms. The fourth-order valence-electron chi connectivity index (χ4n) is 2.90. The molecule has 0 saturated heterocycles. The number of halogens is 2. The van der Waals surface area contributed by atoms with Gasteiger partial charge in [0, 0.05) is 0 Å². The molecule has 0 radical (unpaired) electrons. The van der Waals surface area contributed by atoms with Gasteiger partial charge in [-0.1, -0.05) is 32.3 Å². The summed E-state index contributed by atoms with van der Waals surface area (Å²) in [5, 5.41) is 0. The van der Waals surface area contributed by atoms with Crippen molar-refractivity contribution in [1.82, 2.24) is 0 Å². The van der Waals surface area contributed by atoms with Crippen LogP contribution in [0, 0.1) is 11.6 Å². The highest BCUT2D eigenvalue weighted by Gasteiger charge is 2.32. The minimum absolute atomic E-state index is 0.0901. The van der Waals surface area contributed by atoms with Crippen molar-refractivity contribution in [3.63, 3.8) is 0 Å². The van der Waals surface area contributed by atoms with Crippen LogP contribution in [0.3, 0.4) is 0 Å². The van der Waals surface area contributed by atoms with Crippen molar-refractivity contribution in [2.24, 2.45) is 0 Å². The van der Waals surface area contributed by atoms with Crippen LogP contribution < -0.4 is 0 Å². The molecule has 0 bridgehead atoms. The fourth-order valence-corrected chi connectivity index (χ4v) is 2.90. The Bertz CT molecular complexity index is 365. The lowest BCUT2D eigenvalue weighted by Gasteiger charge is -2.37. The molecular formula is C14H18F2. The maximum absolute atomic E-state index is 13.3. The molecule has 0 N–H and O–H groups in total. The Labute approximate surface area is 95.7 Å². The van der Waals surface area contributed by atoms with Gasteiger partial charge in [0.05, 0.1) is 0 Å². The molecule has 88 valence electrons. The Hall–Kier alpha value is -0.920. The largest absolute Gasteiger partial charge is 0.204 e. The molecule has 0 atom stereocenters. The summed E-state index contributed by atoms with van der Waals surface area (Å²) in [6.07, 6.45) is 6.90. The summed E-state index contributed by atoms with van der Waals surface area (Å²) >= 11 is 0. The summed E-state index contributed by atoms with van der Waals surface area (Å²) < 4.78 is 26.2. The topological polar surface area (TPSA) is 0 Å². The number of hydrogen-bond donors (Lipinski definition) is 0. The third-order valence-electron chi connectivity index (χ3n) is 4.02. The number of rotatable bonds is 2. The Morgan fingerprint density at radius 3 is 2.31 bits per heavy atom. The van der Waals surface area contributed by atoms with E-state index in [0.717, 1.165) is 24.8 Å². The fraction of sp³-hybridized carbons (Fsp3) is 0.571. The minimum Gasteiger partial charge on any atom is -0.204 e. The average molecular weight is 224 g/mol.